The minimum absolute atomic E-state index is 0.821. The van der Waals surface area contributed by atoms with Crippen LogP contribution in [0.4, 0.5) is 0 Å². The van der Waals surface area contributed by atoms with Gasteiger partial charge in [-0.2, -0.15) is 0 Å². The molecule has 2 aromatic carbocycles. The predicted octanol–water partition coefficient (Wildman–Crippen LogP) is 4.70. The van der Waals surface area contributed by atoms with Gasteiger partial charge in [-0.3, -0.25) is 0 Å². The van der Waals surface area contributed by atoms with E-state index in [4.69, 9.17) is 11.6 Å². The van der Waals surface area contributed by atoms with Gasteiger partial charge in [-0.1, -0.05) is 51.8 Å². The minimum atomic E-state index is 0.821. The predicted molar refractivity (Wildman–Crippen MR) is 65.8 cm³/mol. The summed E-state index contributed by atoms with van der Waals surface area (Å²) in [5.74, 6) is 0. The molecule has 0 amide bonds. The van der Waals surface area contributed by atoms with Gasteiger partial charge in [-0.25, -0.2) is 0 Å². The monoisotopic (exact) mass is 264 g/mol. The van der Waals surface area contributed by atoms with Gasteiger partial charge >= 0.3 is 0 Å². The Morgan fingerprint density at radius 3 is 2.79 bits per heavy atom. The molecule has 0 heterocycles. The first-order valence-electron chi connectivity index (χ1n) is 4.36. The fourth-order valence-electron chi connectivity index (χ4n) is 1.93. The highest BCUT2D eigenvalue weighted by atomic mass is 79.9. The topological polar surface area (TPSA) is 0 Å². The van der Waals surface area contributed by atoms with Crippen molar-refractivity contribution in [2.75, 3.05) is 0 Å². The normalized spacial score (nSPS) is 13.4. The smallest absolute Gasteiger partial charge is 0.0485 e. The maximum absolute atomic E-state index is 6.14. The van der Waals surface area contributed by atoms with E-state index in [-0.39, 0.29) is 0 Å². The zero-order chi connectivity index (χ0) is 9.71. The zero-order valence-corrected chi connectivity index (χ0v) is 9.56. The molecule has 0 radical (unpaired) electrons. The van der Waals surface area contributed by atoms with Crippen LogP contribution in [0.3, 0.4) is 0 Å². The number of hydrogen-bond donors (Lipinski definition) is 0. The molecule has 0 nitrogen and oxygen atoms in total. The number of rotatable bonds is 0. The number of halogens is 2. The lowest BCUT2D eigenvalue weighted by molar-refractivity contribution is 1.72. The molecule has 0 bridgehead atoms. The fourth-order valence-corrected chi connectivity index (χ4v) is 2.73. The highest BCUT2D eigenvalue weighted by Crippen LogP contribution is 2.41. The van der Waals surface area contributed by atoms with Gasteiger partial charge in [0, 0.05) is 14.9 Å². The molecular formula is C12H6BrCl. The summed E-state index contributed by atoms with van der Waals surface area (Å²) in [6.07, 6.45) is 2.13. The van der Waals surface area contributed by atoms with Crippen molar-refractivity contribution < 1.29 is 0 Å². The van der Waals surface area contributed by atoms with Crippen molar-refractivity contribution in [3.05, 3.63) is 46.5 Å². The molecule has 0 unspecified atom stereocenters. The Morgan fingerprint density at radius 2 is 1.93 bits per heavy atom. The highest BCUT2D eigenvalue weighted by Gasteiger charge is 2.15. The Labute approximate surface area is 95.3 Å². The van der Waals surface area contributed by atoms with Gasteiger partial charge in [0.15, 0.2) is 0 Å². The molecule has 0 aromatic heterocycles. The molecule has 0 spiro atoms. The van der Waals surface area contributed by atoms with Crippen LogP contribution in [0.5, 0.6) is 0 Å². The summed E-state index contributed by atoms with van der Waals surface area (Å²) in [5.41, 5.74) is 2.48. The van der Waals surface area contributed by atoms with Crippen molar-refractivity contribution in [3.8, 4) is 0 Å². The van der Waals surface area contributed by atoms with Crippen LogP contribution in [-0.2, 0) is 0 Å². The lowest BCUT2D eigenvalue weighted by atomic mass is 10.0. The average molecular weight is 266 g/mol. The first-order chi connectivity index (χ1) is 6.77. The van der Waals surface area contributed by atoms with Crippen LogP contribution in [0.25, 0.3) is 21.3 Å². The molecule has 0 atom stereocenters. The largest absolute Gasteiger partial charge is 0.0837 e. The Bertz CT molecular complexity index is 570. The van der Waals surface area contributed by atoms with E-state index in [1.165, 1.54) is 16.5 Å². The number of hydrogen-bond acceptors (Lipinski definition) is 0. The fraction of sp³-hybridized carbons (Fsp3) is 0. The molecule has 0 aliphatic heterocycles. The first-order valence-corrected chi connectivity index (χ1v) is 5.53. The summed E-state index contributed by atoms with van der Waals surface area (Å²) in [7, 11) is 0. The van der Waals surface area contributed by atoms with E-state index < -0.39 is 0 Å². The van der Waals surface area contributed by atoms with Crippen molar-refractivity contribution in [2.24, 2.45) is 0 Å². The molecule has 2 heteroatoms. The third kappa shape index (κ3) is 0.999. The molecule has 0 saturated carbocycles. The summed E-state index contributed by atoms with van der Waals surface area (Å²) in [5, 5.41) is 3.21. The molecule has 0 fully saturated rings. The Kier molecular flexibility index (Phi) is 1.73. The molecule has 14 heavy (non-hydrogen) atoms. The van der Waals surface area contributed by atoms with E-state index in [2.05, 4.69) is 40.2 Å². The van der Waals surface area contributed by atoms with Gasteiger partial charge in [0.25, 0.3) is 0 Å². The third-order valence-electron chi connectivity index (χ3n) is 2.56. The van der Waals surface area contributed by atoms with E-state index in [0.717, 1.165) is 14.9 Å². The molecule has 1 aliphatic carbocycles. The average Bonchev–Trinajstić information content (AvgIpc) is 2.52. The SMILES string of the molecule is Clc1ccc2c3c(cccc13)C(Br)=C2. The molecule has 1 aliphatic rings. The molecule has 2 aromatic rings. The second kappa shape index (κ2) is 2.85. The summed E-state index contributed by atoms with van der Waals surface area (Å²) in [6, 6.07) is 10.2. The third-order valence-corrected chi connectivity index (χ3v) is 3.54. The molecule has 3 rings (SSSR count). The second-order valence-electron chi connectivity index (χ2n) is 3.36. The van der Waals surface area contributed by atoms with E-state index >= 15 is 0 Å². The van der Waals surface area contributed by atoms with Crippen LogP contribution >= 0.6 is 27.5 Å². The van der Waals surface area contributed by atoms with Crippen LogP contribution < -0.4 is 0 Å². The van der Waals surface area contributed by atoms with Crippen LogP contribution in [0.2, 0.25) is 5.02 Å². The van der Waals surface area contributed by atoms with Crippen molar-refractivity contribution in [1.82, 2.24) is 0 Å². The van der Waals surface area contributed by atoms with Crippen molar-refractivity contribution in [1.29, 1.82) is 0 Å². The van der Waals surface area contributed by atoms with Crippen molar-refractivity contribution in [2.45, 2.75) is 0 Å². The second-order valence-corrected chi connectivity index (χ2v) is 4.62. The van der Waals surface area contributed by atoms with Gasteiger partial charge in [-0.05, 0) is 28.7 Å². The van der Waals surface area contributed by atoms with Gasteiger partial charge in [0.05, 0.1) is 0 Å². The maximum atomic E-state index is 6.14. The first kappa shape index (κ1) is 8.51. The molecule has 0 N–H and O–H groups in total. The summed E-state index contributed by atoms with van der Waals surface area (Å²) in [6.45, 7) is 0. The van der Waals surface area contributed by atoms with Crippen LogP contribution in [-0.4, -0.2) is 0 Å². The maximum Gasteiger partial charge on any atom is 0.0485 e. The van der Waals surface area contributed by atoms with Gasteiger partial charge in [0.1, 0.15) is 0 Å². The van der Waals surface area contributed by atoms with Crippen molar-refractivity contribution in [3.63, 3.8) is 0 Å². The molecule has 68 valence electrons. The van der Waals surface area contributed by atoms with Crippen LogP contribution in [0.1, 0.15) is 11.1 Å². The van der Waals surface area contributed by atoms with Gasteiger partial charge < -0.3 is 0 Å². The highest BCUT2D eigenvalue weighted by molar-refractivity contribution is 9.15. The van der Waals surface area contributed by atoms with Gasteiger partial charge in [0.2, 0.25) is 0 Å². The Morgan fingerprint density at radius 1 is 1.07 bits per heavy atom. The quantitative estimate of drug-likeness (QED) is 0.648. The van der Waals surface area contributed by atoms with Crippen molar-refractivity contribution >= 4 is 48.9 Å². The summed E-state index contributed by atoms with van der Waals surface area (Å²) in [4.78, 5) is 0. The standard InChI is InChI=1S/C12H6BrCl/c13-10-6-7-4-5-11(14)9-3-1-2-8(10)12(7)9/h1-6H. The summed E-state index contributed by atoms with van der Waals surface area (Å²) >= 11 is 9.69. The lowest BCUT2D eigenvalue weighted by Crippen LogP contribution is -1.79. The molecular weight excluding hydrogens is 259 g/mol. The Hall–Kier alpha value is -0.790. The van der Waals surface area contributed by atoms with E-state index in [1.54, 1.807) is 0 Å². The van der Waals surface area contributed by atoms with E-state index in [0.29, 0.717) is 0 Å². The molecule has 0 saturated heterocycles. The van der Waals surface area contributed by atoms with Crippen LogP contribution in [0, 0.1) is 0 Å². The van der Waals surface area contributed by atoms with Crippen LogP contribution in [0.15, 0.2) is 30.3 Å². The Balaban J connectivity index is 2.59. The van der Waals surface area contributed by atoms with E-state index in [1.807, 2.05) is 12.1 Å². The summed E-state index contributed by atoms with van der Waals surface area (Å²) < 4.78 is 1.14. The zero-order valence-electron chi connectivity index (χ0n) is 7.22. The lowest BCUT2D eigenvalue weighted by Gasteiger charge is -2.03. The minimum Gasteiger partial charge on any atom is -0.0837 e. The van der Waals surface area contributed by atoms with Gasteiger partial charge in [-0.15, -0.1) is 0 Å². The van der Waals surface area contributed by atoms with E-state index in [9.17, 15) is 0 Å². The number of benzene rings is 2.